The molecule has 1 aromatic carbocycles. The summed E-state index contributed by atoms with van der Waals surface area (Å²) in [5.74, 6) is 0.781. The lowest BCUT2D eigenvalue weighted by Crippen LogP contribution is -2.37. The molecule has 138 valence electrons. The molecule has 1 saturated heterocycles. The Kier molecular flexibility index (Phi) is 4.30. The Bertz CT molecular complexity index is 1120. The zero-order chi connectivity index (χ0) is 19.0. The van der Waals surface area contributed by atoms with Crippen molar-refractivity contribution in [2.75, 3.05) is 25.0 Å². The molecular formula is C18H18N6O2S. The van der Waals surface area contributed by atoms with Gasteiger partial charge in [0.15, 0.2) is 0 Å². The Morgan fingerprint density at radius 2 is 2.04 bits per heavy atom. The highest BCUT2D eigenvalue weighted by Crippen LogP contribution is 2.28. The van der Waals surface area contributed by atoms with Crippen molar-refractivity contribution in [3.63, 3.8) is 0 Å². The van der Waals surface area contributed by atoms with E-state index in [-0.39, 0.29) is 10.9 Å². The predicted molar refractivity (Wildman–Crippen MR) is 101 cm³/mol. The second-order valence-corrected chi connectivity index (χ2v) is 8.43. The predicted octanol–water partition coefficient (Wildman–Crippen LogP) is 1.73. The summed E-state index contributed by atoms with van der Waals surface area (Å²) in [6, 6.07) is 9.95. The maximum atomic E-state index is 12.9. The monoisotopic (exact) mass is 382 g/mol. The molecular weight excluding hydrogens is 364 g/mol. The molecule has 1 fully saturated rings. The largest absolute Gasteiger partial charge is 0.355 e. The number of nitrogens with zero attached hydrogens (tertiary/aromatic N) is 5. The number of aromatic nitrogens is 3. The molecule has 0 saturated carbocycles. The van der Waals surface area contributed by atoms with Crippen LogP contribution in [0, 0.1) is 11.3 Å². The maximum Gasteiger partial charge on any atom is 0.243 e. The SMILES string of the molecule is CN(c1ncnc2[nH]ccc12)C1CCN(S(=O)(=O)c2ccc(C#N)cc2)C1. The summed E-state index contributed by atoms with van der Waals surface area (Å²) < 4.78 is 27.3. The molecule has 1 aliphatic rings. The van der Waals surface area contributed by atoms with Crippen LogP contribution in [0.4, 0.5) is 5.82 Å². The molecule has 2 aromatic heterocycles. The first kappa shape index (κ1) is 17.5. The fraction of sp³-hybridized carbons (Fsp3) is 0.278. The topological polar surface area (TPSA) is 106 Å². The number of rotatable bonds is 4. The van der Waals surface area contributed by atoms with Gasteiger partial charge in [-0.2, -0.15) is 9.57 Å². The maximum absolute atomic E-state index is 12.9. The molecule has 0 radical (unpaired) electrons. The summed E-state index contributed by atoms with van der Waals surface area (Å²) >= 11 is 0. The number of nitriles is 1. The van der Waals surface area contributed by atoms with Crippen molar-refractivity contribution in [2.24, 2.45) is 0 Å². The van der Waals surface area contributed by atoms with Gasteiger partial charge in [0.2, 0.25) is 10.0 Å². The first-order valence-electron chi connectivity index (χ1n) is 8.52. The van der Waals surface area contributed by atoms with Crippen LogP contribution in [-0.2, 0) is 10.0 Å². The van der Waals surface area contributed by atoms with Crippen LogP contribution >= 0.6 is 0 Å². The average Bonchev–Trinajstić information content (AvgIpc) is 3.37. The van der Waals surface area contributed by atoms with Crippen molar-refractivity contribution in [1.82, 2.24) is 19.3 Å². The van der Waals surface area contributed by atoms with Crippen LogP contribution in [0.2, 0.25) is 0 Å². The molecule has 8 nitrogen and oxygen atoms in total. The first-order chi connectivity index (χ1) is 13.0. The van der Waals surface area contributed by atoms with Crippen LogP contribution in [0.3, 0.4) is 0 Å². The van der Waals surface area contributed by atoms with Crippen molar-refractivity contribution in [2.45, 2.75) is 17.4 Å². The molecule has 3 aromatic rings. The summed E-state index contributed by atoms with van der Waals surface area (Å²) in [5.41, 5.74) is 1.19. The van der Waals surface area contributed by atoms with Crippen molar-refractivity contribution in [3.8, 4) is 6.07 Å². The van der Waals surface area contributed by atoms with Gasteiger partial charge in [0.25, 0.3) is 0 Å². The Morgan fingerprint density at radius 3 is 2.78 bits per heavy atom. The number of hydrogen-bond donors (Lipinski definition) is 1. The van der Waals surface area contributed by atoms with Crippen LogP contribution in [0.25, 0.3) is 11.0 Å². The zero-order valence-electron chi connectivity index (χ0n) is 14.7. The number of sulfonamides is 1. The van der Waals surface area contributed by atoms with E-state index < -0.39 is 10.0 Å². The van der Waals surface area contributed by atoms with Gasteiger partial charge in [-0.05, 0) is 36.8 Å². The molecule has 4 rings (SSSR count). The number of aromatic amines is 1. The molecule has 1 aliphatic heterocycles. The minimum atomic E-state index is -3.59. The van der Waals surface area contributed by atoms with E-state index in [1.807, 2.05) is 30.3 Å². The summed E-state index contributed by atoms with van der Waals surface area (Å²) in [6.45, 7) is 0.827. The number of H-pyrrole nitrogens is 1. The second-order valence-electron chi connectivity index (χ2n) is 6.49. The molecule has 9 heteroatoms. The zero-order valence-corrected chi connectivity index (χ0v) is 15.5. The lowest BCUT2D eigenvalue weighted by Gasteiger charge is -2.26. The van der Waals surface area contributed by atoms with Crippen molar-refractivity contribution >= 4 is 26.9 Å². The van der Waals surface area contributed by atoms with Gasteiger partial charge >= 0.3 is 0 Å². The number of likely N-dealkylation sites (N-methyl/N-ethyl adjacent to an activating group) is 1. The standard InChI is InChI=1S/C18H18N6O2S/c1-23(18-16-6-8-20-17(16)21-12-22-18)14-7-9-24(11-14)27(25,26)15-4-2-13(10-19)3-5-15/h2-6,8,12,14H,7,9,11H2,1H3,(H,20,21,22). The number of nitrogens with one attached hydrogen (secondary N) is 1. The van der Waals surface area contributed by atoms with Gasteiger partial charge in [0, 0.05) is 32.4 Å². The van der Waals surface area contributed by atoms with E-state index >= 15 is 0 Å². The molecule has 1 unspecified atom stereocenters. The fourth-order valence-corrected chi connectivity index (χ4v) is 4.90. The quantitative estimate of drug-likeness (QED) is 0.737. The third-order valence-electron chi connectivity index (χ3n) is 4.96. The van der Waals surface area contributed by atoms with Gasteiger partial charge in [-0.3, -0.25) is 0 Å². The number of fused-ring (bicyclic) bond motifs is 1. The van der Waals surface area contributed by atoms with E-state index in [4.69, 9.17) is 5.26 Å². The molecule has 1 atom stereocenters. The minimum Gasteiger partial charge on any atom is -0.355 e. The lowest BCUT2D eigenvalue weighted by atomic mass is 10.2. The van der Waals surface area contributed by atoms with Crippen molar-refractivity contribution in [1.29, 1.82) is 5.26 Å². The lowest BCUT2D eigenvalue weighted by molar-refractivity contribution is 0.470. The Labute approximate surface area is 157 Å². The average molecular weight is 382 g/mol. The van der Waals surface area contributed by atoms with Gasteiger partial charge in [0.05, 0.1) is 21.9 Å². The third-order valence-corrected chi connectivity index (χ3v) is 6.84. The highest BCUT2D eigenvalue weighted by atomic mass is 32.2. The van der Waals surface area contributed by atoms with Crippen LogP contribution in [0.15, 0.2) is 47.8 Å². The minimum absolute atomic E-state index is 0.0196. The second kappa shape index (κ2) is 6.64. The smallest absolute Gasteiger partial charge is 0.243 e. The van der Waals surface area contributed by atoms with E-state index in [0.717, 1.165) is 16.9 Å². The molecule has 1 N–H and O–H groups in total. The highest BCUT2D eigenvalue weighted by molar-refractivity contribution is 7.89. The van der Waals surface area contributed by atoms with Crippen LogP contribution < -0.4 is 4.90 Å². The molecule has 0 aliphatic carbocycles. The van der Waals surface area contributed by atoms with Gasteiger partial charge in [-0.15, -0.1) is 0 Å². The number of anilines is 1. The van der Waals surface area contributed by atoms with Crippen molar-refractivity contribution in [3.05, 3.63) is 48.4 Å². The Balaban J connectivity index is 1.55. The van der Waals surface area contributed by atoms with E-state index in [9.17, 15) is 8.42 Å². The Morgan fingerprint density at radius 1 is 1.26 bits per heavy atom. The molecule has 3 heterocycles. The van der Waals surface area contributed by atoms with Gasteiger partial charge in [0.1, 0.15) is 17.8 Å². The van der Waals surface area contributed by atoms with Gasteiger partial charge in [-0.1, -0.05) is 0 Å². The van der Waals surface area contributed by atoms with Gasteiger partial charge in [-0.25, -0.2) is 18.4 Å². The number of benzene rings is 1. The normalized spacial score (nSPS) is 17.9. The van der Waals surface area contributed by atoms with Crippen molar-refractivity contribution < 1.29 is 8.42 Å². The Hall–Kier alpha value is -2.96. The van der Waals surface area contributed by atoms with Crippen LogP contribution in [0.5, 0.6) is 0 Å². The number of hydrogen-bond acceptors (Lipinski definition) is 6. The van der Waals surface area contributed by atoms with Gasteiger partial charge < -0.3 is 9.88 Å². The summed E-state index contributed by atoms with van der Waals surface area (Å²) in [6.07, 6.45) is 4.03. The van der Waals surface area contributed by atoms with E-state index in [2.05, 4.69) is 15.0 Å². The third kappa shape index (κ3) is 3.03. The van der Waals surface area contributed by atoms with E-state index in [1.165, 1.54) is 34.9 Å². The highest BCUT2D eigenvalue weighted by Gasteiger charge is 2.35. The first-order valence-corrected chi connectivity index (χ1v) is 9.96. The fourth-order valence-electron chi connectivity index (χ4n) is 3.41. The molecule has 27 heavy (non-hydrogen) atoms. The molecule has 0 amide bonds. The van der Waals surface area contributed by atoms with Crippen LogP contribution in [-0.4, -0.2) is 53.9 Å². The van der Waals surface area contributed by atoms with E-state index in [0.29, 0.717) is 25.1 Å². The summed E-state index contributed by atoms with van der Waals surface area (Å²) in [7, 11) is -1.66. The van der Waals surface area contributed by atoms with E-state index in [1.54, 1.807) is 0 Å². The van der Waals surface area contributed by atoms with Crippen LogP contribution in [0.1, 0.15) is 12.0 Å². The summed E-state index contributed by atoms with van der Waals surface area (Å²) in [5, 5.41) is 9.79. The molecule has 0 bridgehead atoms. The molecule has 0 spiro atoms. The summed E-state index contributed by atoms with van der Waals surface area (Å²) in [4.78, 5) is 13.9.